The highest BCUT2D eigenvalue weighted by Crippen LogP contribution is 2.32. The van der Waals surface area contributed by atoms with Gasteiger partial charge in [0.15, 0.2) is 5.69 Å². The molecule has 0 saturated heterocycles. The molecule has 0 radical (unpaired) electrons. The van der Waals surface area contributed by atoms with Crippen LogP contribution in [0.5, 0.6) is 0 Å². The van der Waals surface area contributed by atoms with E-state index < -0.39 is 22.5 Å². The van der Waals surface area contributed by atoms with Crippen LogP contribution in [0, 0.1) is 0 Å². The number of hydrogen-bond donors (Lipinski definition) is 0. The number of imidazole rings is 1. The molecule has 148 valence electrons. The van der Waals surface area contributed by atoms with Crippen molar-refractivity contribution in [2.24, 2.45) is 0 Å². The summed E-state index contributed by atoms with van der Waals surface area (Å²) in [5, 5.41) is 0. The Morgan fingerprint density at radius 2 is 2.00 bits per heavy atom. The minimum Gasteiger partial charge on any atom is -0.468 e. The van der Waals surface area contributed by atoms with Gasteiger partial charge in [0, 0.05) is 13.1 Å². The quantitative estimate of drug-likeness (QED) is 0.698. The number of amides is 1. The number of ether oxygens (including phenoxy) is 1. The highest BCUT2D eigenvalue weighted by Gasteiger charge is 2.38. The molecule has 2 heterocycles. The number of carbonyl (C=O) groups is 2. The molecule has 1 fully saturated rings. The summed E-state index contributed by atoms with van der Waals surface area (Å²) in [6.45, 7) is -0.615. The second-order valence-corrected chi connectivity index (χ2v) is 8.78. The fourth-order valence-electron chi connectivity index (χ4n) is 3.32. The summed E-state index contributed by atoms with van der Waals surface area (Å²) < 4.78 is 33.6. The molecule has 4 rings (SSSR count). The SMILES string of the molecule is COC(=O)CN1Cc2c(C(=O)N(C)C3CC3)ncn2-c2ccccc2S1(=O)=O. The molecule has 1 aliphatic carbocycles. The number of benzene rings is 1. The molecular formula is C18H20N4O5S. The Morgan fingerprint density at radius 3 is 2.68 bits per heavy atom. The molecule has 1 saturated carbocycles. The van der Waals surface area contributed by atoms with Crippen LogP contribution in [-0.4, -0.2) is 65.8 Å². The van der Waals surface area contributed by atoms with Crippen LogP contribution in [0.3, 0.4) is 0 Å². The molecule has 0 bridgehead atoms. The highest BCUT2D eigenvalue weighted by molar-refractivity contribution is 7.89. The molecule has 10 heteroatoms. The summed E-state index contributed by atoms with van der Waals surface area (Å²) in [7, 11) is -1.05. The number of carbonyl (C=O) groups excluding carboxylic acids is 2. The summed E-state index contributed by atoms with van der Waals surface area (Å²) in [4.78, 5) is 30.7. The average Bonchev–Trinajstić information content (AvgIpc) is 3.47. The lowest BCUT2D eigenvalue weighted by atomic mass is 10.2. The van der Waals surface area contributed by atoms with E-state index in [2.05, 4.69) is 9.72 Å². The lowest BCUT2D eigenvalue weighted by Gasteiger charge is -2.20. The van der Waals surface area contributed by atoms with E-state index in [0.29, 0.717) is 11.4 Å². The van der Waals surface area contributed by atoms with E-state index in [9.17, 15) is 18.0 Å². The molecule has 0 unspecified atom stereocenters. The molecule has 9 nitrogen and oxygen atoms in total. The summed E-state index contributed by atoms with van der Waals surface area (Å²) >= 11 is 0. The van der Waals surface area contributed by atoms with Gasteiger partial charge in [-0.05, 0) is 25.0 Å². The Kier molecular flexibility index (Phi) is 4.47. The van der Waals surface area contributed by atoms with Gasteiger partial charge in [0.25, 0.3) is 5.91 Å². The Bertz CT molecular complexity index is 1060. The maximum atomic E-state index is 13.2. The van der Waals surface area contributed by atoms with Gasteiger partial charge in [-0.1, -0.05) is 12.1 Å². The van der Waals surface area contributed by atoms with Crippen LogP contribution in [0.25, 0.3) is 5.69 Å². The third-order valence-corrected chi connectivity index (χ3v) is 6.92. The number of para-hydroxylation sites is 1. The maximum absolute atomic E-state index is 13.2. The Morgan fingerprint density at radius 1 is 1.29 bits per heavy atom. The highest BCUT2D eigenvalue weighted by atomic mass is 32.2. The maximum Gasteiger partial charge on any atom is 0.321 e. The van der Waals surface area contributed by atoms with Crippen molar-refractivity contribution < 1.29 is 22.7 Å². The smallest absolute Gasteiger partial charge is 0.321 e. The molecule has 1 amide bonds. The van der Waals surface area contributed by atoms with Gasteiger partial charge < -0.3 is 9.64 Å². The fraction of sp³-hybridized carbons (Fsp3) is 0.389. The lowest BCUT2D eigenvalue weighted by Crippen LogP contribution is -2.36. The van der Waals surface area contributed by atoms with Gasteiger partial charge in [-0.25, -0.2) is 13.4 Å². The van der Waals surface area contributed by atoms with Crippen LogP contribution >= 0.6 is 0 Å². The van der Waals surface area contributed by atoms with Crippen LogP contribution in [0.15, 0.2) is 35.5 Å². The van der Waals surface area contributed by atoms with Crippen molar-refractivity contribution in [3.05, 3.63) is 42.0 Å². The second kappa shape index (κ2) is 6.71. The molecule has 28 heavy (non-hydrogen) atoms. The van der Waals surface area contributed by atoms with Crippen molar-refractivity contribution >= 4 is 21.9 Å². The van der Waals surface area contributed by atoms with Crippen LogP contribution in [-0.2, 0) is 26.1 Å². The number of esters is 1. The van der Waals surface area contributed by atoms with Crippen LogP contribution in [0.4, 0.5) is 0 Å². The number of rotatable bonds is 4. The van der Waals surface area contributed by atoms with Crippen molar-refractivity contribution in [3.8, 4) is 5.69 Å². The molecule has 2 aliphatic rings. The molecule has 2 aromatic rings. The normalized spacial score (nSPS) is 17.9. The van der Waals surface area contributed by atoms with Gasteiger partial charge in [0.05, 0.1) is 25.0 Å². The zero-order valence-corrected chi connectivity index (χ0v) is 16.3. The fourth-order valence-corrected chi connectivity index (χ4v) is 4.85. The molecule has 1 aliphatic heterocycles. The Labute approximate surface area is 162 Å². The number of methoxy groups -OCH3 is 1. The minimum atomic E-state index is -3.97. The van der Waals surface area contributed by atoms with E-state index in [1.54, 1.807) is 34.7 Å². The van der Waals surface area contributed by atoms with Crippen LogP contribution in [0.2, 0.25) is 0 Å². The van der Waals surface area contributed by atoms with Gasteiger partial charge in [-0.2, -0.15) is 4.31 Å². The first kappa shape index (κ1) is 18.6. The molecule has 0 atom stereocenters. The predicted octanol–water partition coefficient (Wildman–Crippen LogP) is 0.784. The van der Waals surface area contributed by atoms with E-state index in [0.717, 1.165) is 17.1 Å². The largest absolute Gasteiger partial charge is 0.468 e. The first-order valence-electron chi connectivity index (χ1n) is 8.84. The first-order valence-corrected chi connectivity index (χ1v) is 10.3. The Hall–Kier alpha value is -2.72. The third-order valence-electron chi connectivity index (χ3n) is 5.09. The number of sulfonamides is 1. The summed E-state index contributed by atoms with van der Waals surface area (Å²) in [6, 6.07) is 6.64. The van der Waals surface area contributed by atoms with Gasteiger partial charge in [0.2, 0.25) is 10.0 Å². The number of hydrogen-bond acceptors (Lipinski definition) is 6. The Balaban J connectivity index is 1.86. The van der Waals surface area contributed by atoms with Crippen LogP contribution < -0.4 is 0 Å². The lowest BCUT2D eigenvalue weighted by molar-refractivity contribution is -0.140. The zero-order valence-electron chi connectivity index (χ0n) is 15.5. The summed E-state index contributed by atoms with van der Waals surface area (Å²) in [5.74, 6) is -0.942. The van der Waals surface area contributed by atoms with Crippen molar-refractivity contribution in [2.75, 3.05) is 20.7 Å². The summed E-state index contributed by atoms with van der Waals surface area (Å²) in [5.41, 5.74) is 1.01. The molecule has 0 N–H and O–H groups in total. The molecular weight excluding hydrogens is 384 g/mol. The zero-order chi connectivity index (χ0) is 20.1. The van der Waals surface area contributed by atoms with Crippen molar-refractivity contribution in [3.63, 3.8) is 0 Å². The molecule has 1 aromatic heterocycles. The van der Waals surface area contributed by atoms with Gasteiger partial charge >= 0.3 is 5.97 Å². The van der Waals surface area contributed by atoms with Crippen molar-refractivity contribution in [1.82, 2.24) is 18.8 Å². The number of fused-ring (bicyclic) bond motifs is 3. The molecule has 0 spiro atoms. The van der Waals surface area contributed by atoms with Crippen LogP contribution in [0.1, 0.15) is 29.0 Å². The van der Waals surface area contributed by atoms with Gasteiger partial charge in [-0.3, -0.25) is 14.2 Å². The topological polar surface area (TPSA) is 102 Å². The first-order chi connectivity index (χ1) is 13.3. The summed E-state index contributed by atoms with van der Waals surface area (Å²) in [6.07, 6.45) is 3.35. The van der Waals surface area contributed by atoms with E-state index in [4.69, 9.17) is 0 Å². The predicted molar refractivity (Wildman–Crippen MR) is 98.3 cm³/mol. The number of nitrogens with zero attached hydrogens (tertiary/aromatic N) is 4. The third kappa shape index (κ3) is 2.98. The van der Waals surface area contributed by atoms with Gasteiger partial charge in [-0.15, -0.1) is 0 Å². The monoisotopic (exact) mass is 404 g/mol. The number of aromatic nitrogens is 2. The average molecular weight is 404 g/mol. The van der Waals surface area contributed by atoms with Gasteiger partial charge in [0.1, 0.15) is 17.8 Å². The minimum absolute atomic E-state index is 0.0459. The van der Waals surface area contributed by atoms with E-state index in [1.807, 2.05) is 0 Å². The van der Waals surface area contributed by atoms with E-state index in [-0.39, 0.29) is 29.1 Å². The second-order valence-electron chi connectivity index (χ2n) is 6.87. The van der Waals surface area contributed by atoms with E-state index in [1.165, 1.54) is 19.5 Å². The van der Waals surface area contributed by atoms with E-state index >= 15 is 0 Å². The standard InChI is InChI=1S/C18H20N4O5S/c1-20(12-7-8-12)18(24)17-14-9-21(10-16(23)27-2)28(25,26)15-6-4-3-5-13(15)22(14)11-19-17/h3-6,11-12H,7-10H2,1-2H3. The molecule has 1 aromatic carbocycles. The van der Waals surface area contributed by atoms with Crippen molar-refractivity contribution in [2.45, 2.75) is 30.3 Å². The van der Waals surface area contributed by atoms with Crippen molar-refractivity contribution in [1.29, 1.82) is 0 Å².